The number of nitrogens with one attached hydrogen (secondary N) is 1. The highest BCUT2D eigenvalue weighted by Gasteiger charge is 2.14. The predicted octanol–water partition coefficient (Wildman–Crippen LogP) is 3.49. The van der Waals surface area contributed by atoms with Gasteiger partial charge in [-0.05, 0) is 31.0 Å². The highest BCUT2D eigenvalue weighted by Crippen LogP contribution is 2.26. The lowest BCUT2D eigenvalue weighted by Crippen LogP contribution is -2.34. The fourth-order valence-corrected chi connectivity index (χ4v) is 2.49. The van der Waals surface area contributed by atoms with Crippen molar-refractivity contribution in [2.45, 2.75) is 32.4 Å². The largest absolute Gasteiger partial charge is 0.329 e. The molecule has 0 aliphatic rings. The number of benzene rings is 1. The summed E-state index contributed by atoms with van der Waals surface area (Å²) in [6.45, 7) is 4.89. The summed E-state index contributed by atoms with van der Waals surface area (Å²) in [6, 6.07) is 6.43. The molecular formula is C12H18BrClN2. The Morgan fingerprint density at radius 1 is 1.50 bits per heavy atom. The van der Waals surface area contributed by atoms with Gasteiger partial charge in [-0.25, -0.2) is 0 Å². The summed E-state index contributed by atoms with van der Waals surface area (Å²) in [5.41, 5.74) is 6.96. The zero-order valence-corrected chi connectivity index (χ0v) is 12.0. The summed E-state index contributed by atoms with van der Waals surface area (Å²) in [5, 5.41) is 4.23. The van der Waals surface area contributed by atoms with Crippen LogP contribution in [-0.2, 0) is 0 Å². The first kappa shape index (κ1) is 14.0. The van der Waals surface area contributed by atoms with E-state index in [1.807, 2.05) is 18.2 Å². The molecule has 0 heterocycles. The van der Waals surface area contributed by atoms with Crippen molar-refractivity contribution in [3.05, 3.63) is 33.3 Å². The molecule has 1 rings (SSSR count). The Balaban J connectivity index is 2.86. The fraction of sp³-hybridized carbons (Fsp3) is 0.500. The van der Waals surface area contributed by atoms with Crippen LogP contribution in [0.3, 0.4) is 0 Å². The van der Waals surface area contributed by atoms with Crippen LogP contribution < -0.4 is 11.1 Å². The summed E-state index contributed by atoms with van der Waals surface area (Å²) in [5.74, 6) is 0. The number of halogens is 2. The lowest BCUT2D eigenvalue weighted by Gasteiger charge is -2.22. The van der Waals surface area contributed by atoms with Crippen molar-refractivity contribution in [1.29, 1.82) is 0 Å². The summed E-state index contributed by atoms with van der Waals surface area (Å²) < 4.78 is 1.01. The van der Waals surface area contributed by atoms with E-state index in [1.165, 1.54) is 0 Å². The summed E-state index contributed by atoms with van der Waals surface area (Å²) >= 11 is 9.44. The molecule has 2 nitrogen and oxygen atoms in total. The molecule has 0 aliphatic carbocycles. The van der Waals surface area contributed by atoms with Crippen LogP contribution in [0.5, 0.6) is 0 Å². The molecule has 0 aliphatic heterocycles. The van der Waals surface area contributed by atoms with Gasteiger partial charge in [0.1, 0.15) is 0 Å². The van der Waals surface area contributed by atoms with Crippen molar-refractivity contribution in [3.8, 4) is 0 Å². The molecule has 3 N–H and O–H groups in total. The third kappa shape index (κ3) is 3.74. The van der Waals surface area contributed by atoms with Crippen LogP contribution in [0.1, 0.15) is 31.9 Å². The van der Waals surface area contributed by atoms with Gasteiger partial charge in [-0.1, -0.05) is 40.5 Å². The van der Waals surface area contributed by atoms with E-state index in [2.05, 4.69) is 35.1 Å². The molecule has 2 unspecified atom stereocenters. The summed E-state index contributed by atoms with van der Waals surface area (Å²) in [4.78, 5) is 0. The molecule has 0 bridgehead atoms. The maximum atomic E-state index is 5.92. The second-order valence-corrected chi connectivity index (χ2v) is 5.22. The molecule has 16 heavy (non-hydrogen) atoms. The molecule has 0 spiro atoms. The Labute approximate surface area is 111 Å². The minimum absolute atomic E-state index is 0.168. The number of hydrogen-bond acceptors (Lipinski definition) is 2. The van der Waals surface area contributed by atoms with Gasteiger partial charge in [-0.15, -0.1) is 0 Å². The van der Waals surface area contributed by atoms with Crippen LogP contribution >= 0.6 is 27.5 Å². The van der Waals surface area contributed by atoms with Crippen LogP contribution in [-0.4, -0.2) is 12.6 Å². The van der Waals surface area contributed by atoms with E-state index in [1.54, 1.807) is 0 Å². The zero-order valence-electron chi connectivity index (χ0n) is 9.63. The van der Waals surface area contributed by atoms with Gasteiger partial charge in [0.05, 0.1) is 0 Å². The average molecular weight is 306 g/mol. The molecular weight excluding hydrogens is 288 g/mol. The monoisotopic (exact) mass is 304 g/mol. The number of hydrogen-bond donors (Lipinski definition) is 2. The van der Waals surface area contributed by atoms with E-state index in [0.29, 0.717) is 12.6 Å². The van der Waals surface area contributed by atoms with Crippen molar-refractivity contribution in [2.24, 2.45) is 5.73 Å². The highest BCUT2D eigenvalue weighted by molar-refractivity contribution is 9.10. The topological polar surface area (TPSA) is 38.0 Å². The molecule has 1 aromatic carbocycles. The van der Waals surface area contributed by atoms with Gasteiger partial charge in [0.15, 0.2) is 0 Å². The van der Waals surface area contributed by atoms with Gasteiger partial charge in [0, 0.05) is 28.1 Å². The molecule has 0 saturated carbocycles. The lowest BCUT2D eigenvalue weighted by molar-refractivity contribution is 0.451. The van der Waals surface area contributed by atoms with Crippen molar-refractivity contribution in [2.75, 3.05) is 6.54 Å². The molecule has 0 aromatic heterocycles. The quantitative estimate of drug-likeness (QED) is 0.874. The maximum Gasteiger partial charge on any atom is 0.0457 e. The fourth-order valence-electron chi connectivity index (χ4n) is 1.53. The second-order valence-electron chi connectivity index (χ2n) is 3.93. The van der Waals surface area contributed by atoms with E-state index >= 15 is 0 Å². The van der Waals surface area contributed by atoms with E-state index in [9.17, 15) is 0 Å². The zero-order chi connectivity index (χ0) is 12.1. The van der Waals surface area contributed by atoms with E-state index in [0.717, 1.165) is 21.5 Å². The predicted molar refractivity (Wildman–Crippen MR) is 73.8 cm³/mol. The average Bonchev–Trinajstić information content (AvgIpc) is 2.26. The van der Waals surface area contributed by atoms with Crippen molar-refractivity contribution < 1.29 is 0 Å². The van der Waals surface area contributed by atoms with Crippen LogP contribution in [0.25, 0.3) is 0 Å². The summed E-state index contributed by atoms with van der Waals surface area (Å²) in [7, 11) is 0. The molecule has 2 atom stereocenters. The SMILES string of the molecule is CCC(C)NC(CN)c1ccc(Cl)cc1Br. The van der Waals surface area contributed by atoms with Gasteiger partial charge in [-0.2, -0.15) is 0 Å². The molecule has 0 fully saturated rings. The van der Waals surface area contributed by atoms with Crippen LogP contribution in [0.4, 0.5) is 0 Å². The van der Waals surface area contributed by atoms with Gasteiger partial charge in [0.2, 0.25) is 0 Å². The molecule has 0 amide bonds. The van der Waals surface area contributed by atoms with Gasteiger partial charge >= 0.3 is 0 Å². The van der Waals surface area contributed by atoms with Crippen LogP contribution in [0.2, 0.25) is 5.02 Å². The van der Waals surface area contributed by atoms with E-state index < -0.39 is 0 Å². The molecule has 0 saturated heterocycles. The van der Waals surface area contributed by atoms with Gasteiger partial charge in [-0.3, -0.25) is 0 Å². The molecule has 1 aromatic rings. The first-order chi connectivity index (χ1) is 7.58. The van der Waals surface area contributed by atoms with E-state index in [-0.39, 0.29) is 6.04 Å². The number of rotatable bonds is 5. The Bertz CT molecular complexity index is 344. The molecule has 4 heteroatoms. The Kier molecular flexibility index (Phi) is 5.76. The Morgan fingerprint density at radius 3 is 2.69 bits per heavy atom. The smallest absolute Gasteiger partial charge is 0.0457 e. The Hall–Kier alpha value is -0.0900. The second kappa shape index (κ2) is 6.60. The molecule has 0 radical (unpaired) electrons. The van der Waals surface area contributed by atoms with Crippen molar-refractivity contribution in [1.82, 2.24) is 5.32 Å². The van der Waals surface area contributed by atoms with Crippen molar-refractivity contribution in [3.63, 3.8) is 0 Å². The normalized spacial score (nSPS) is 14.8. The van der Waals surface area contributed by atoms with E-state index in [4.69, 9.17) is 17.3 Å². The lowest BCUT2D eigenvalue weighted by atomic mass is 10.1. The third-order valence-electron chi connectivity index (χ3n) is 2.67. The molecule has 90 valence electrons. The minimum Gasteiger partial charge on any atom is -0.329 e. The third-order valence-corrected chi connectivity index (χ3v) is 3.59. The highest BCUT2D eigenvalue weighted by atomic mass is 79.9. The van der Waals surface area contributed by atoms with Gasteiger partial charge in [0.25, 0.3) is 0 Å². The standard InChI is InChI=1S/C12H18BrClN2/c1-3-8(2)16-12(7-15)10-5-4-9(14)6-11(10)13/h4-6,8,12,16H,3,7,15H2,1-2H3. The maximum absolute atomic E-state index is 5.92. The number of nitrogens with two attached hydrogens (primary N) is 1. The van der Waals surface area contributed by atoms with Crippen molar-refractivity contribution >= 4 is 27.5 Å². The first-order valence-corrected chi connectivity index (χ1v) is 6.66. The minimum atomic E-state index is 0.168. The van der Waals surface area contributed by atoms with Gasteiger partial charge < -0.3 is 11.1 Å². The summed E-state index contributed by atoms with van der Waals surface area (Å²) in [6.07, 6.45) is 1.09. The van der Waals surface area contributed by atoms with Crippen LogP contribution in [0, 0.1) is 0 Å². The first-order valence-electron chi connectivity index (χ1n) is 5.49. The Morgan fingerprint density at radius 2 is 2.19 bits per heavy atom. The van der Waals surface area contributed by atoms with Crippen LogP contribution in [0.15, 0.2) is 22.7 Å².